The number of carbonyl (C=O) groups is 1. The van der Waals surface area contributed by atoms with Gasteiger partial charge in [0.05, 0.1) is 4.90 Å². The van der Waals surface area contributed by atoms with Gasteiger partial charge in [-0.25, -0.2) is 0 Å². The molecule has 0 unspecified atom stereocenters. The summed E-state index contributed by atoms with van der Waals surface area (Å²) in [5, 5.41) is -0.735. The molecule has 0 saturated heterocycles. The molecule has 0 amide bonds. The molecule has 0 saturated carbocycles. The van der Waals surface area contributed by atoms with Crippen molar-refractivity contribution in [2.24, 2.45) is 0 Å². The van der Waals surface area contributed by atoms with E-state index in [1.807, 2.05) is 0 Å². The molecule has 2 rings (SSSR count). The van der Waals surface area contributed by atoms with Crippen molar-refractivity contribution in [1.82, 2.24) is 0 Å². The van der Waals surface area contributed by atoms with Crippen molar-refractivity contribution in [2.45, 2.75) is 4.90 Å². The van der Waals surface area contributed by atoms with E-state index in [0.29, 0.717) is 11.1 Å². The van der Waals surface area contributed by atoms with Crippen LogP contribution in [-0.4, -0.2) is 61.3 Å². The fourth-order valence-corrected chi connectivity index (χ4v) is 2.75. The van der Waals surface area contributed by atoms with Gasteiger partial charge in [-0.1, -0.05) is 24.3 Å². The Morgan fingerprint density at radius 1 is 0.818 bits per heavy atom. The molecule has 1 aliphatic carbocycles. The van der Waals surface area contributed by atoms with E-state index in [9.17, 15) is 21.6 Å². The third-order valence-electron chi connectivity index (χ3n) is 2.71. The van der Waals surface area contributed by atoms with Crippen LogP contribution in [0.3, 0.4) is 0 Å². The summed E-state index contributed by atoms with van der Waals surface area (Å²) in [6, 6.07) is 4.99. The maximum absolute atomic E-state index is 11.6. The van der Waals surface area contributed by atoms with E-state index in [4.69, 9.17) is 9.11 Å². The Morgan fingerprint density at radius 3 is 1.77 bits per heavy atom. The molecule has 2 N–H and O–H groups in total. The number of hydrogen-bond acceptors (Lipinski definition) is 5. The summed E-state index contributed by atoms with van der Waals surface area (Å²) in [5.74, 6) is -0.881. The monoisotopic (exact) mass is 353 g/mol. The van der Waals surface area contributed by atoms with Crippen LogP contribution < -0.4 is 0 Å². The zero-order valence-corrected chi connectivity index (χ0v) is 11.9. The Bertz CT molecular complexity index is 849. The van der Waals surface area contributed by atoms with Gasteiger partial charge in [0.15, 0.2) is 5.78 Å². The number of benzene rings is 1. The second-order valence-electron chi connectivity index (χ2n) is 4.14. The Hall–Kier alpha value is -0.810. The van der Waals surface area contributed by atoms with Crippen molar-refractivity contribution >= 4 is 61.1 Å². The summed E-state index contributed by atoms with van der Waals surface area (Å²) in [4.78, 5) is 11.3. The van der Waals surface area contributed by atoms with E-state index in [2.05, 4.69) is 0 Å². The van der Waals surface area contributed by atoms with E-state index in [0.717, 1.165) is 24.3 Å². The van der Waals surface area contributed by atoms with E-state index >= 15 is 0 Å². The number of allylic oxidation sites excluding steroid dienone is 3. The van der Waals surface area contributed by atoms with Gasteiger partial charge in [0.25, 0.3) is 20.2 Å². The quantitative estimate of drug-likeness (QED) is 0.588. The van der Waals surface area contributed by atoms with Crippen LogP contribution in [0.5, 0.6) is 0 Å². The summed E-state index contributed by atoms with van der Waals surface area (Å²) in [5.41, 5.74) is 0.788. The summed E-state index contributed by atoms with van der Waals surface area (Å²) in [6.07, 6.45) is 3.27. The van der Waals surface area contributed by atoms with Gasteiger partial charge in [-0.15, -0.1) is 0 Å². The summed E-state index contributed by atoms with van der Waals surface area (Å²) in [6.45, 7) is 0. The Labute approximate surface area is 149 Å². The molecule has 1 radical (unpaired) electrons. The van der Waals surface area contributed by atoms with Crippen molar-refractivity contribution in [3.63, 3.8) is 0 Å². The summed E-state index contributed by atoms with van der Waals surface area (Å²) < 4.78 is 61.3. The maximum atomic E-state index is 11.6. The standard InChI is InChI=1S/C12H9O7S2.Na.H/c13-11-7-9(3-6-12(11)21(17,18)19)8-1-4-10(5-2-8)20(14,15)16;;/h1-7H,(H,14,15,16)(H,17,18,19);;. The Kier molecular flexibility index (Phi) is 5.90. The van der Waals surface area contributed by atoms with Crippen LogP contribution in [0.4, 0.5) is 0 Å². The van der Waals surface area contributed by atoms with E-state index in [1.165, 1.54) is 18.2 Å². The molecular weight excluding hydrogens is 343 g/mol. The van der Waals surface area contributed by atoms with Crippen LogP contribution in [-0.2, 0) is 25.0 Å². The van der Waals surface area contributed by atoms with Gasteiger partial charge in [-0.2, -0.15) is 16.8 Å². The zero-order valence-electron chi connectivity index (χ0n) is 10.3. The van der Waals surface area contributed by atoms with Crippen molar-refractivity contribution in [3.8, 4) is 0 Å². The van der Waals surface area contributed by atoms with Crippen LogP contribution in [0.1, 0.15) is 5.56 Å². The van der Waals surface area contributed by atoms with Crippen molar-refractivity contribution in [1.29, 1.82) is 0 Å². The van der Waals surface area contributed by atoms with E-state index in [1.54, 1.807) is 0 Å². The molecule has 1 aromatic rings. The molecule has 113 valence electrons. The van der Waals surface area contributed by atoms with Crippen LogP contribution in [0, 0.1) is 5.25 Å². The molecule has 1 aromatic carbocycles. The molecule has 10 heteroatoms. The second kappa shape index (κ2) is 6.75. The predicted molar refractivity (Wildman–Crippen MR) is 80.3 cm³/mol. The zero-order chi connectivity index (χ0) is 15.8. The Balaban J connectivity index is 0.00000242. The molecule has 0 aromatic heterocycles. The minimum absolute atomic E-state index is 0. The number of rotatable bonds is 3. The van der Waals surface area contributed by atoms with Crippen molar-refractivity contribution in [2.75, 3.05) is 0 Å². The average Bonchev–Trinajstić information content (AvgIpc) is 2.36. The molecule has 0 spiro atoms. The third-order valence-corrected chi connectivity index (χ3v) is 4.47. The van der Waals surface area contributed by atoms with E-state index < -0.39 is 31.3 Å². The van der Waals surface area contributed by atoms with Gasteiger partial charge in [-0.3, -0.25) is 13.9 Å². The molecule has 0 heterocycles. The average molecular weight is 353 g/mol. The van der Waals surface area contributed by atoms with Crippen LogP contribution in [0.25, 0.3) is 5.57 Å². The van der Waals surface area contributed by atoms with Gasteiger partial charge in [0, 0.05) is 0 Å². The fraction of sp³-hybridized carbons (Fsp3) is 0. The van der Waals surface area contributed by atoms with Crippen LogP contribution in [0.2, 0.25) is 0 Å². The molecule has 22 heavy (non-hydrogen) atoms. The molecule has 1 aliphatic rings. The third kappa shape index (κ3) is 4.35. The predicted octanol–water partition coefficient (Wildman–Crippen LogP) is 0.227. The summed E-state index contributed by atoms with van der Waals surface area (Å²) in [7, 11) is -8.89. The molecule has 0 bridgehead atoms. The molecule has 0 atom stereocenters. The molecule has 0 fully saturated rings. The summed E-state index contributed by atoms with van der Waals surface area (Å²) >= 11 is 0. The van der Waals surface area contributed by atoms with Gasteiger partial charge >= 0.3 is 29.6 Å². The van der Waals surface area contributed by atoms with Gasteiger partial charge in [0.2, 0.25) is 5.25 Å². The fourth-order valence-electron chi connectivity index (χ4n) is 1.72. The first-order valence-electron chi connectivity index (χ1n) is 5.45. The van der Waals surface area contributed by atoms with Gasteiger partial charge in [-0.05, 0) is 29.3 Å². The van der Waals surface area contributed by atoms with Crippen LogP contribution >= 0.6 is 0 Å². The molecule has 7 nitrogen and oxygen atoms in total. The first kappa shape index (κ1) is 19.2. The van der Waals surface area contributed by atoms with Crippen molar-refractivity contribution < 1.29 is 30.7 Å². The van der Waals surface area contributed by atoms with Crippen LogP contribution in [0.15, 0.2) is 47.4 Å². The second-order valence-corrected chi connectivity index (χ2v) is 6.95. The number of hydrogen-bond donors (Lipinski definition) is 2. The topological polar surface area (TPSA) is 126 Å². The molecular formula is C12H10NaO7S2. The van der Waals surface area contributed by atoms with Gasteiger partial charge in [0.1, 0.15) is 0 Å². The van der Waals surface area contributed by atoms with Crippen molar-refractivity contribution in [3.05, 3.63) is 53.3 Å². The Morgan fingerprint density at radius 2 is 1.36 bits per heavy atom. The number of carbonyl (C=O) groups excluding carboxylic acids is 1. The number of ketones is 1. The normalized spacial score (nSPS) is 16.1. The minimum atomic E-state index is -4.58. The molecule has 0 aliphatic heterocycles. The van der Waals surface area contributed by atoms with E-state index in [-0.39, 0.29) is 34.5 Å². The van der Waals surface area contributed by atoms with Gasteiger partial charge < -0.3 is 0 Å². The first-order chi connectivity index (χ1) is 9.59. The first-order valence-corrected chi connectivity index (χ1v) is 8.33. The SMILES string of the molecule is O=C1C=C(c2ccc(S(=O)(=O)O)cc2)C=C[C]1S(=O)(=O)O.[NaH].